The normalized spacial score (nSPS) is 17.9. The fourth-order valence-corrected chi connectivity index (χ4v) is 3.38. The average molecular weight is 369 g/mol. The molecule has 1 fully saturated rings. The second-order valence-corrected chi connectivity index (χ2v) is 6.74. The van der Waals surface area contributed by atoms with Gasteiger partial charge in [0.1, 0.15) is 5.82 Å². The van der Waals surface area contributed by atoms with Gasteiger partial charge in [-0.2, -0.15) is 5.10 Å². The fourth-order valence-electron chi connectivity index (χ4n) is 3.38. The highest BCUT2D eigenvalue weighted by atomic mass is 19.1. The van der Waals surface area contributed by atoms with E-state index in [0.717, 1.165) is 42.6 Å². The SMILES string of the molecule is O=C(O)C1CCCN(CCN/N=C/c2ccccc2-c2cccc(F)c2)C1. The van der Waals surface area contributed by atoms with Crippen molar-refractivity contribution < 1.29 is 14.3 Å². The predicted octanol–water partition coefficient (Wildman–Crippen LogP) is 3.21. The van der Waals surface area contributed by atoms with Crippen molar-refractivity contribution in [1.82, 2.24) is 10.3 Å². The minimum Gasteiger partial charge on any atom is -0.481 e. The zero-order valence-electron chi connectivity index (χ0n) is 15.1. The molecule has 1 atom stereocenters. The number of nitrogens with one attached hydrogen (secondary N) is 1. The van der Waals surface area contributed by atoms with Crippen LogP contribution >= 0.6 is 0 Å². The van der Waals surface area contributed by atoms with Crippen LogP contribution in [0.2, 0.25) is 0 Å². The van der Waals surface area contributed by atoms with Crippen molar-refractivity contribution >= 4 is 12.2 Å². The van der Waals surface area contributed by atoms with Crippen LogP contribution in [0.1, 0.15) is 18.4 Å². The summed E-state index contributed by atoms with van der Waals surface area (Å²) in [6.45, 7) is 2.93. The van der Waals surface area contributed by atoms with Crippen LogP contribution in [0.15, 0.2) is 53.6 Å². The summed E-state index contributed by atoms with van der Waals surface area (Å²) in [7, 11) is 0. The number of carboxylic acid groups (broad SMARTS) is 1. The standard InChI is InChI=1S/C21H24FN3O2/c22-19-8-3-6-16(13-19)20-9-2-1-5-17(20)14-24-23-10-12-25-11-4-7-18(15-25)21(26)27/h1-3,5-6,8-9,13-14,18,23H,4,7,10-12,15H2,(H,26,27)/b24-14+. The lowest BCUT2D eigenvalue weighted by Crippen LogP contribution is -2.41. The highest BCUT2D eigenvalue weighted by Gasteiger charge is 2.24. The molecule has 142 valence electrons. The lowest BCUT2D eigenvalue weighted by atomic mass is 9.98. The molecule has 1 aliphatic heterocycles. The topological polar surface area (TPSA) is 64.9 Å². The van der Waals surface area contributed by atoms with E-state index in [9.17, 15) is 9.18 Å². The Morgan fingerprint density at radius 1 is 1.30 bits per heavy atom. The molecule has 1 aliphatic rings. The molecule has 0 radical (unpaired) electrons. The Labute approximate surface area is 158 Å². The van der Waals surface area contributed by atoms with Crippen LogP contribution in [0.3, 0.4) is 0 Å². The Kier molecular flexibility index (Phi) is 6.54. The van der Waals surface area contributed by atoms with E-state index in [0.29, 0.717) is 13.1 Å². The maximum atomic E-state index is 13.5. The van der Waals surface area contributed by atoms with Crippen molar-refractivity contribution in [3.05, 3.63) is 59.9 Å². The third kappa shape index (κ3) is 5.37. The van der Waals surface area contributed by atoms with Gasteiger partial charge in [0.15, 0.2) is 0 Å². The summed E-state index contributed by atoms with van der Waals surface area (Å²) in [5.74, 6) is -1.24. The molecule has 0 aromatic heterocycles. The number of hydrogen-bond acceptors (Lipinski definition) is 4. The summed E-state index contributed by atoms with van der Waals surface area (Å²) < 4.78 is 13.5. The number of hydrogen-bond donors (Lipinski definition) is 2. The van der Waals surface area contributed by atoms with Crippen molar-refractivity contribution in [3.8, 4) is 11.1 Å². The number of rotatable bonds is 7. The molecule has 2 aromatic rings. The smallest absolute Gasteiger partial charge is 0.307 e. The first-order valence-corrected chi connectivity index (χ1v) is 9.19. The second-order valence-electron chi connectivity index (χ2n) is 6.74. The average Bonchev–Trinajstić information content (AvgIpc) is 2.68. The van der Waals surface area contributed by atoms with E-state index < -0.39 is 5.97 Å². The Balaban J connectivity index is 1.54. The van der Waals surface area contributed by atoms with Gasteiger partial charge in [0.25, 0.3) is 0 Å². The maximum Gasteiger partial charge on any atom is 0.307 e. The van der Waals surface area contributed by atoms with Crippen LogP contribution < -0.4 is 5.43 Å². The van der Waals surface area contributed by atoms with E-state index >= 15 is 0 Å². The second kappa shape index (κ2) is 9.28. The Morgan fingerprint density at radius 3 is 2.96 bits per heavy atom. The van der Waals surface area contributed by atoms with E-state index in [-0.39, 0.29) is 11.7 Å². The van der Waals surface area contributed by atoms with E-state index in [2.05, 4.69) is 15.4 Å². The van der Waals surface area contributed by atoms with E-state index in [1.165, 1.54) is 12.1 Å². The molecule has 27 heavy (non-hydrogen) atoms. The van der Waals surface area contributed by atoms with Crippen molar-refractivity contribution in [3.63, 3.8) is 0 Å². The van der Waals surface area contributed by atoms with Crippen molar-refractivity contribution in [2.45, 2.75) is 12.8 Å². The molecule has 0 saturated carbocycles. The van der Waals surface area contributed by atoms with Gasteiger partial charge >= 0.3 is 5.97 Å². The number of likely N-dealkylation sites (tertiary alicyclic amines) is 1. The molecule has 2 N–H and O–H groups in total. The highest BCUT2D eigenvalue weighted by molar-refractivity contribution is 5.90. The first-order chi connectivity index (χ1) is 13.1. The number of hydrazone groups is 1. The third-order valence-corrected chi connectivity index (χ3v) is 4.79. The largest absolute Gasteiger partial charge is 0.481 e. The van der Waals surface area contributed by atoms with Gasteiger partial charge in [-0.05, 0) is 42.6 Å². The van der Waals surface area contributed by atoms with Crippen LogP contribution in [0.5, 0.6) is 0 Å². The van der Waals surface area contributed by atoms with Crippen molar-refractivity contribution in [2.24, 2.45) is 11.0 Å². The van der Waals surface area contributed by atoms with Gasteiger partial charge in [-0.15, -0.1) is 0 Å². The maximum absolute atomic E-state index is 13.5. The lowest BCUT2D eigenvalue weighted by Gasteiger charge is -2.30. The van der Waals surface area contributed by atoms with Gasteiger partial charge in [-0.25, -0.2) is 4.39 Å². The molecular weight excluding hydrogens is 345 g/mol. The summed E-state index contributed by atoms with van der Waals surface area (Å²) in [4.78, 5) is 13.3. The van der Waals surface area contributed by atoms with Gasteiger partial charge < -0.3 is 15.4 Å². The number of benzene rings is 2. The molecule has 1 heterocycles. The van der Waals surface area contributed by atoms with E-state index in [1.54, 1.807) is 12.3 Å². The number of carbonyl (C=O) groups is 1. The highest BCUT2D eigenvalue weighted by Crippen LogP contribution is 2.23. The minimum atomic E-state index is -0.709. The number of carboxylic acids is 1. The van der Waals surface area contributed by atoms with Gasteiger partial charge in [0.05, 0.1) is 12.1 Å². The van der Waals surface area contributed by atoms with E-state index in [4.69, 9.17) is 5.11 Å². The molecular formula is C21H24FN3O2. The molecule has 1 saturated heterocycles. The van der Waals surface area contributed by atoms with Crippen LogP contribution in [-0.2, 0) is 4.79 Å². The summed E-state index contributed by atoms with van der Waals surface area (Å²) in [5.41, 5.74) is 5.65. The molecule has 0 bridgehead atoms. The molecule has 0 amide bonds. The Hall–Kier alpha value is -2.73. The summed E-state index contributed by atoms with van der Waals surface area (Å²) in [6.07, 6.45) is 3.41. The molecule has 1 unspecified atom stereocenters. The number of nitrogens with zero attached hydrogens (tertiary/aromatic N) is 2. The van der Waals surface area contributed by atoms with Gasteiger partial charge in [-0.1, -0.05) is 36.4 Å². The summed E-state index contributed by atoms with van der Waals surface area (Å²) in [5, 5.41) is 13.4. The molecule has 3 rings (SSSR count). The first-order valence-electron chi connectivity index (χ1n) is 9.19. The van der Waals surface area contributed by atoms with Crippen molar-refractivity contribution in [1.29, 1.82) is 0 Å². The third-order valence-electron chi connectivity index (χ3n) is 4.79. The van der Waals surface area contributed by atoms with Crippen molar-refractivity contribution in [2.75, 3.05) is 26.2 Å². The Bertz CT molecular complexity index is 810. The monoisotopic (exact) mass is 369 g/mol. The van der Waals surface area contributed by atoms with E-state index in [1.807, 2.05) is 30.3 Å². The first kappa shape index (κ1) is 19.0. The minimum absolute atomic E-state index is 0.264. The lowest BCUT2D eigenvalue weighted by molar-refractivity contribution is -0.143. The van der Waals surface area contributed by atoms with Gasteiger partial charge in [-0.3, -0.25) is 4.79 Å². The predicted molar refractivity (Wildman–Crippen MR) is 104 cm³/mol. The molecule has 2 aromatic carbocycles. The molecule has 0 aliphatic carbocycles. The van der Waals surface area contributed by atoms with Gasteiger partial charge in [0, 0.05) is 25.2 Å². The number of aliphatic carboxylic acids is 1. The van der Waals surface area contributed by atoms with Gasteiger partial charge in [0.2, 0.25) is 0 Å². The van der Waals surface area contributed by atoms with Crippen LogP contribution in [-0.4, -0.2) is 48.4 Å². The molecule has 5 nitrogen and oxygen atoms in total. The van der Waals surface area contributed by atoms with Crippen LogP contribution in [0.4, 0.5) is 4.39 Å². The zero-order valence-corrected chi connectivity index (χ0v) is 15.1. The molecule has 0 spiro atoms. The zero-order chi connectivity index (χ0) is 19.1. The number of piperidine rings is 1. The van der Waals surface area contributed by atoms with Crippen LogP contribution in [0, 0.1) is 11.7 Å². The number of halogens is 1. The quantitative estimate of drug-likeness (QED) is 0.447. The summed E-state index contributed by atoms with van der Waals surface area (Å²) in [6, 6.07) is 14.2. The van der Waals surface area contributed by atoms with Crippen LogP contribution in [0.25, 0.3) is 11.1 Å². The summed E-state index contributed by atoms with van der Waals surface area (Å²) >= 11 is 0. The fraction of sp³-hybridized carbons (Fsp3) is 0.333. The molecule has 6 heteroatoms. The Morgan fingerprint density at radius 2 is 2.15 bits per heavy atom.